The molecular formula is C7H13BrN2. The van der Waals surface area contributed by atoms with Gasteiger partial charge in [0.15, 0.2) is 0 Å². The second-order valence-corrected chi connectivity index (χ2v) is 2.31. The summed E-state index contributed by atoms with van der Waals surface area (Å²) in [6.45, 7) is 7.34. The Bertz CT molecular complexity index is 205. The van der Waals surface area contributed by atoms with Crippen LogP contribution in [0.3, 0.4) is 0 Å². The third-order valence-electron chi connectivity index (χ3n) is 1.50. The SMILES string of the molecule is CC[n+]1cc(C)[nH]c1C.[Br-]. The van der Waals surface area contributed by atoms with Gasteiger partial charge in [0.25, 0.3) is 5.82 Å². The van der Waals surface area contributed by atoms with Crippen molar-refractivity contribution in [3.05, 3.63) is 17.7 Å². The lowest BCUT2D eigenvalue weighted by molar-refractivity contribution is -0.698. The molecule has 0 aromatic carbocycles. The zero-order valence-electron chi connectivity index (χ0n) is 6.61. The molecule has 0 aliphatic rings. The van der Waals surface area contributed by atoms with Crippen molar-refractivity contribution in [3.63, 3.8) is 0 Å². The molecule has 0 atom stereocenters. The first-order chi connectivity index (χ1) is 4.24. The summed E-state index contributed by atoms with van der Waals surface area (Å²) in [5, 5.41) is 0. The Labute approximate surface area is 72.0 Å². The monoisotopic (exact) mass is 204 g/mol. The molecule has 1 heterocycles. The van der Waals surface area contributed by atoms with Gasteiger partial charge in [0.1, 0.15) is 11.9 Å². The zero-order chi connectivity index (χ0) is 6.85. The molecule has 0 saturated carbocycles. The van der Waals surface area contributed by atoms with Crippen molar-refractivity contribution in [3.8, 4) is 0 Å². The highest BCUT2D eigenvalue weighted by Crippen LogP contribution is 1.89. The Morgan fingerprint density at radius 3 is 2.30 bits per heavy atom. The topological polar surface area (TPSA) is 19.7 Å². The van der Waals surface area contributed by atoms with E-state index in [2.05, 4.69) is 36.5 Å². The maximum absolute atomic E-state index is 3.22. The Balaban J connectivity index is 0.000000810. The molecule has 1 N–H and O–H groups in total. The molecule has 1 rings (SSSR count). The minimum absolute atomic E-state index is 0. The van der Waals surface area contributed by atoms with E-state index in [1.165, 1.54) is 11.5 Å². The van der Waals surface area contributed by atoms with Crippen LogP contribution in [-0.2, 0) is 6.54 Å². The van der Waals surface area contributed by atoms with E-state index in [9.17, 15) is 0 Å². The normalized spacial score (nSPS) is 9.10. The van der Waals surface area contributed by atoms with Gasteiger partial charge < -0.3 is 17.0 Å². The lowest BCUT2D eigenvalue weighted by Gasteiger charge is -1.86. The number of aromatic amines is 1. The number of aryl methyl sites for hydroxylation is 3. The molecule has 10 heavy (non-hydrogen) atoms. The Morgan fingerprint density at radius 2 is 2.10 bits per heavy atom. The third kappa shape index (κ3) is 1.84. The second kappa shape index (κ2) is 3.76. The van der Waals surface area contributed by atoms with Gasteiger partial charge in [0.05, 0.1) is 6.54 Å². The predicted molar refractivity (Wildman–Crippen MR) is 36.1 cm³/mol. The van der Waals surface area contributed by atoms with Crippen molar-refractivity contribution >= 4 is 0 Å². The molecule has 1 aromatic rings. The molecule has 0 aliphatic heterocycles. The smallest absolute Gasteiger partial charge is 0.251 e. The Morgan fingerprint density at radius 1 is 1.50 bits per heavy atom. The number of nitrogens with one attached hydrogen (secondary N) is 1. The van der Waals surface area contributed by atoms with Gasteiger partial charge in [-0.3, -0.25) is 0 Å². The van der Waals surface area contributed by atoms with E-state index in [4.69, 9.17) is 0 Å². The van der Waals surface area contributed by atoms with Crippen LogP contribution in [0, 0.1) is 13.8 Å². The minimum atomic E-state index is 0. The van der Waals surface area contributed by atoms with Gasteiger partial charge in [0, 0.05) is 13.8 Å². The zero-order valence-corrected chi connectivity index (χ0v) is 8.20. The van der Waals surface area contributed by atoms with Crippen LogP contribution in [0.4, 0.5) is 0 Å². The van der Waals surface area contributed by atoms with Crippen molar-refractivity contribution in [1.82, 2.24) is 4.98 Å². The van der Waals surface area contributed by atoms with Crippen LogP contribution in [0.15, 0.2) is 6.20 Å². The highest BCUT2D eigenvalue weighted by molar-refractivity contribution is 4.88. The third-order valence-corrected chi connectivity index (χ3v) is 1.50. The van der Waals surface area contributed by atoms with Crippen LogP contribution in [0.5, 0.6) is 0 Å². The number of imidazole rings is 1. The second-order valence-electron chi connectivity index (χ2n) is 2.31. The Hall–Kier alpha value is -0.310. The summed E-state index contributed by atoms with van der Waals surface area (Å²) in [6.07, 6.45) is 2.12. The molecule has 0 unspecified atom stereocenters. The first-order valence-electron chi connectivity index (χ1n) is 3.29. The summed E-state index contributed by atoms with van der Waals surface area (Å²) in [5.41, 5.74) is 1.23. The van der Waals surface area contributed by atoms with Crippen LogP contribution in [0.25, 0.3) is 0 Å². The number of nitrogens with zero attached hydrogens (tertiary/aromatic N) is 1. The molecule has 0 saturated heterocycles. The van der Waals surface area contributed by atoms with Gasteiger partial charge in [-0.05, 0) is 6.92 Å². The lowest BCUT2D eigenvalue weighted by Crippen LogP contribution is -3.00. The van der Waals surface area contributed by atoms with Crippen LogP contribution < -0.4 is 21.5 Å². The van der Waals surface area contributed by atoms with Crippen molar-refractivity contribution in [2.75, 3.05) is 0 Å². The highest BCUT2D eigenvalue weighted by atomic mass is 79.9. The van der Waals surface area contributed by atoms with Gasteiger partial charge in [0.2, 0.25) is 0 Å². The molecule has 1 aromatic heterocycles. The van der Waals surface area contributed by atoms with Crippen LogP contribution in [0.2, 0.25) is 0 Å². The van der Waals surface area contributed by atoms with Crippen molar-refractivity contribution in [1.29, 1.82) is 0 Å². The molecule has 0 bridgehead atoms. The standard InChI is InChI=1S/C7H12N2.BrH/c1-4-9-5-6(2)8-7(9)3;/h5H,4H2,1-3H3;1H. The fourth-order valence-electron chi connectivity index (χ4n) is 1.05. The van der Waals surface area contributed by atoms with E-state index in [1.807, 2.05) is 0 Å². The van der Waals surface area contributed by atoms with Gasteiger partial charge in [-0.15, -0.1) is 0 Å². The molecule has 0 amide bonds. The summed E-state index contributed by atoms with van der Waals surface area (Å²) in [6, 6.07) is 0. The fraction of sp³-hybridized carbons (Fsp3) is 0.571. The largest absolute Gasteiger partial charge is 1.00 e. The number of H-pyrrole nitrogens is 1. The van der Waals surface area contributed by atoms with Crippen molar-refractivity contribution < 1.29 is 21.5 Å². The molecule has 58 valence electrons. The molecule has 2 nitrogen and oxygen atoms in total. The Kier molecular flexibility index (Phi) is 3.64. The van der Waals surface area contributed by atoms with Crippen LogP contribution >= 0.6 is 0 Å². The number of halogens is 1. The van der Waals surface area contributed by atoms with E-state index in [0.29, 0.717) is 0 Å². The fourth-order valence-corrected chi connectivity index (χ4v) is 1.05. The lowest BCUT2D eigenvalue weighted by atomic mass is 10.6. The van der Waals surface area contributed by atoms with Gasteiger partial charge in [-0.25, -0.2) is 9.55 Å². The van der Waals surface area contributed by atoms with E-state index >= 15 is 0 Å². The van der Waals surface area contributed by atoms with Gasteiger partial charge in [-0.1, -0.05) is 0 Å². The van der Waals surface area contributed by atoms with Crippen molar-refractivity contribution in [2.24, 2.45) is 0 Å². The quantitative estimate of drug-likeness (QED) is 0.509. The number of hydrogen-bond acceptors (Lipinski definition) is 0. The van der Waals surface area contributed by atoms with E-state index < -0.39 is 0 Å². The van der Waals surface area contributed by atoms with Crippen LogP contribution in [0.1, 0.15) is 18.4 Å². The summed E-state index contributed by atoms with van der Waals surface area (Å²) >= 11 is 0. The molecule has 0 radical (unpaired) electrons. The van der Waals surface area contributed by atoms with Crippen molar-refractivity contribution in [2.45, 2.75) is 27.3 Å². The molecule has 0 fully saturated rings. The average Bonchev–Trinajstić information content (AvgIpc) is 2.10. The minimum Gasteiger partial charge on any atom is -1.00 e. The van der Waals surface area contributed by atoms with Crippen LogP contribution in [-0.4, -0.2) is 4.98 Å². The summed E-state index contributed by atoms with van der Waals surface area (Å²) < 4.78 is 2.19. The molecular weight excluding hydrogens is 192 g/mol. The van der Waals surface area contributed by atoms with Gasteiger partial charge in [-0.2, -0.15) is 0 Å². The van der Waals surface area contributed by atoms with E-state index in [-0.39, 0.29) is 17.0 Å². The molecule has 3 heteroatoms. The first-order valence-corrected chi connectivity index (χ1v) is 3.29. The number of aromatic nitrogens is 2. The molecule has 0 spiro atoms. The predicted octanol–water partition coefficient (Wildman–Crippen LogP) is -2.06. The van der Waals surface area contributed by atoms with E-state index in [1.54, 1.807) is 0 Å². The maximum Gasteiger partial charge on any atom is 0.251 e. The summed E-state index contributed by atoms with van der Waals surface area (Å²) in [7, 11) is 0. The average molecular weight is 205 g/mol. The number of rotatable bonds is 1. The summed E-state index contributed by atoms with van der Waals surface area (Å²) in [4.78, 5) is 3.22. The first kappa shape index (κ1) is 9.69. The van der Waals surface area contributed by atoms with E-state index in [0.717, 1.165) is 6.54 Å². The molecule has 0 aliphatic carbocycles. The number of hydrogen-bond donors (Lipinski definition) is 1. The van der Waals surface area contributed by atoms with Gasteiger partial charge >= 0.3 is 0 Å². The summed E-state index contributed by atoms with van der Waals surface area (Å²) in [5.74, 6) is 1.23. The highest BCUT2D eigenvalue weighted by Gasteiger charge is 2.03. The maximum atomic E-state index is 3.22.